The molecule has 2 amide bonds. The molecule has 0 spiro atoms. The first-order chi connectivity index (χ1) is 22.0. The lowest BCUT2D eigenvalue weighted by Gasteiger charge is -2.36. The molecule has 1 aliphatic heterocycles. The van der Waals surface area contributed by atoms with Crippen LogP contribution >= 0.6 is 11.6 Å². The van der Waals surface area contributed by atoms with Crippen LogP contribution in [-0.4, -0.2) is 92.9 Å². The molecular formula is C32H43ClF3N3O7S. The molecule has 47 heavy (non-hydrogen) atoms. The van der Waals surface area contributed by atoms with Gasteiger partial charge in [0, 0.05) is 49.8 Å². The van der Waals surface area contributed by atoms with E-state index in [0.717, 1.165) is 0 Å². The Morgan fingerprint density at radius 2 is 1.85 bits per heavy atom. The van der Waals surface area contributed by atoms with Crippen LogP contribution in [0.5, 0.6) is 5.75 Å². The zero-order valence-corrected chi connectivity index (χ0v) is 28.5. The van der Waals surface area contributed by atoms with Crippen molar-refractivity contribution < 1.29 is 45.8 Å². The minimum absolute atomic E-state index is 0.000119. The Labute approximate surface area is 279 Å². The molecule has 0 saturated carbocycles. The van der Waals surface area contributed by atoms with Crippen molar-refractivity contribution in [2.24, 2.45) is 5.92 Å². The number of nitrogens with zero attached hydrogens (tertiary/aromatic N) is 2. The van der Waals surface area contributed by atoms with Crippen molar-refractivity contribution >= 4 is 39.1 Å². The molecule has 0 radical (unpaired) electrons. The fraction of sp³-hybridized carbons (Fsp3) is 0.562. The Morgan fingerprint density at radius 3 is 2.49 bits per heavy atom. The fourth-order valence-corrected chi connectivity index (χ4v) is 6.26. The quantitative estimate of drug-likeness (QED) is 0.341. The fourth-order valence-electron chi connectivity index (χ4n) is 5.09. The van der Waals surface area contributed by atoms with E-state index in [2.05, 4.69) is 4.72 Å². The first-order valence-electron chi connectivity index (χ1n) is 15.4. The molecule has 0 unspecified atom stereocenters. The van der Waals surface area contributed by atoms with Gasteiger partial charge in [0.15, 0.2) is 0 Å². The normalized spacial score (nSPS) is 20.8. The van der Waals surface area contributed by atoms with Crippen LogP contribution in [0.25, 0.3) is 0 Å². The predicted octanol–water partition coefficient (Wildman–Crippen LogP) is 5.74. The number of benzene rings is 2. The second kappa shape index (κ2) is 16.8. The van der Waals surface area contributed by atoms with Gasteiger partial charge in [-0.25, -0.2) is 8.42 Å². The summed E-state index contributed by atoms with van der Waals surface area (Å²) in [6.45, 7) is 5.26. The number of hydrogen-bond donors (Lipinski definition) is 2. The van der Waals surface area contributed by atoms with Crippen LogP contribution in [0.15, 0.2) is 47.4 Å². The molecular weight excluding hydrogens is 663 g/mol. The molecule has 2 N–H and O–H groups in total. The van der Waals surface area contributed by atoms with Crippen molar-refractivity contribution in [3.63, 3.8) is 0 Å². The van der Waals surface area contributed by atoms with Crippen molar-refractivity contribution in [2.45, 2.75) is 82.2 Å². The number of likely N-dealkylation sites (N-methyl/N-ethyl adjacent to an activating group) is 1. The molecule has 15 heteroatoms. The van der Waals surface area contributed by atoms with E-state index in [1.165, 1.54) is 59.3 Å². The van der Waals surface area contributed by atoms with Gasteiger partial charge in [0.05, 0.1) is 41.7 Å². The Hall–Kier alpha value is -3.07. The maximum atomic E-state index is 14.2. The van der Waals surface area contributed by atoms with E-state index in [1.54, 1.807) is 13.8 Å². The zero-order valence-electron chi connectivity index (χ0n) is 26.9. The van der Waals surface area contributed by atoms with E-state index < -0.39 is 65.5 Å². The molecule has 4 atom stereocenters. The average Bonchev–Trinajstić information content (AvgIpc) is 3.00. The van der Waals surface area contributed by atoms with Gasteiger partial charge in [-0.3, -0.25) is 14.3 Å². The lowest BCUT2D eigenvalue weighted by Crippen LogP contribution is -2.48. The third-order valence-electron chi connectivity index (χ3n) is 7.93. The molecule has 262 valence electrons. The third-order valence-corrected chi connectivity index (χ3v) is 9.58. The smallest absolute Gasteiger partial charge is 0.389 e. The molecule has 0 aliphatic carbocycles. The largest absolute Gasteiger partial charge is 0.490 e. The summed E-state index contributed by atoms with van der Waals surface area (Å²) < 4.78 is 79.2. The number of fused-ring (bicyclic) bond motifs is 1. The highest BCUT2D eigenvalue weighted by Crippen LogP contribution is 2.30. The lowest BCUT2D eigenvalue weighted by atomic mass is 10.0. The van der Waals surface area contributed by atoms with E-state index in [1.807, 2.05) is 6.92 Å². The average molecular weight is 706 g/mol. The standard InChI is InChI=1S/C32H43ClF3N3O7S/c1-21-18-39(22(2)20-40)31(42)27-17-25(37-47(43,44)26-11-8-24(33)9-12-26)10-13-28(27)46-23(3)7-5-6-16-45-29(21)19-38(4)30(41)14-15-32(34,35)36/h8-13,17,21-23,29,37,40H,5-7,14-16,18-20H2,1-4H3/t21-,22+,23-,29+/m1/s1. The number of rotatable bonds is 9. The number of hydrogen-bond acceptors (Lipinski definition) is 7. The predicted molar refractivity (Wildman–Crippen MR) is 172 cm³/mol. The van der Waals surface area contributed by atoms with Crippen LogP contribution in [0.3, 0.4) is 0 Å². The molecule has 0 aromatic heterocycles. The number of halogens is 4. The minimum Gasteiger partial charge on any atom is -0.490 e. The number of sulfonamides is 1. The number of carbonyl (C=O) groups excluding carboxylic acids is 2. The number of carbonyl (C=O) groups is 2. The number of amides is 2. The molecule has 10 nitrogen and oxygen atoms in total. The second-order valence-corrected chi connectivity index (χ2v) is 14.1. The van der Waals surface area contributed by atoms with Gasteiger partial charge in [0.25, 0.3) is 15.9 Å². The van der Waals surface area contributed by atoms with Crippen molar-refractivity contribution in [1.29, 1.82) is 0 Å². The van der Waals surface area contributed by atoms with Crippen molar-refractivity contribution in [1.82, 2.24) is 9.80 Å². The van der Waals surface area contributed by atoms with Gasteiger partial charge >= 0.3 is 6.18 Å². The van der Waals surface area contributed by atoms with Crippen LogP contribution < -0.4 is 9.46 Å². The molecule has 1 heterocycles. The maximum Gasteiger partial charge on any atom is 0.389 e. The minimum atomic E-state index is -4.46. The summed E-state index contributed by atoms with van der Waals surface area (Å²) in [5.41, 5.74) is 0.170. The molecule has 3 rings (SSSR count). The van der Waals surface area contributed by atoms with Crippen LogP contribution in [0.2, 0.25) is 5.02 Å². The van der Waals surface area contributed by atoms with Gasteiger partial charge in [-0.2, -0.15) is 13.2 Å². The number of ether oxygens (including phenoxy) is 2. The Morgan fingerprint density at radius 1 is 1.17 bits per heavy atom. The van der Waals surface area contributed by atoms with Gasteiger partial charge < -0.3 is 24.4 Å². The molecule has 0 fully saturated rings. The van der Waals surface area contributed by atoms with Crippen LogP contribution in [0.1, 0.15) is 63.2 Å². The van der Waals surface area contributed by atoms with Gasteiger partial charge in [0.1, 0.15) is 5.75 Å². The van der Waals surface area contributed by atoms with Crippen LogP contribution in [0, 0.1) is 5.92 Å². The van der Waals surface area contributed by atoms with Gasteiger partial charge in [-0.15, -0.1) is 0 Å². The summed E-state index contributed by atoms with van der Waals surface area (Å²) in [7, 11) is -2.62. The third kappa shape index (κ3) is 11.5. The van der Waals surface area contributed by atoms with E-state index >= 15 is 0 Å². The number of anilines is 1. The number of aliphatic hydroxyl groups excluding tert-OH is 1. The van der Waals surface area contributed by atoms with Gasteiger partial charge in [-0.05, 0) is 75.6 Å². The monoisotopic (exact) mass is 705 g/mol. The van der Waals surface area contributed by atoms with E-state index in [4.69, 9.17) is 21.1 Å². The SMILES string of the molecule is C[C@@H]1CCCCO[C@@H](CN(C)C(=O)CCC(F)(F)F)[C@H](C)CN([C@@H](C)CO)C(=O)c2cc(NS(=O)(=O)c3ccc(Cl)cc3)ccc2O1. The number of alkyl halides is 3. The molecule has 0 saturated heterocycles. The summed E-state index contributed by atoms with van der Waals surface area (Å²) in [5, 5.41) is 10.5. The molecule has 0 bridgehead atoms. The molecule has 2 aromatic rings. The van der Waals surface area contributed by atoms with Crippen molar-refractivity contribution in [2.75, 3.05) is 38.1 Å². The summed E-state index contributed by atoms with van der Waals surface area (Å²) in [4.78, 5) is 29.3. The highest BCUT2D eigenvalue weighted by atomic mass is 35.5. The van der Waals surface area contributed by atoms with E-state index in [0.29, 0.717) is 30.9 Å². The Bertz CT molecular complexity index is 1460. The maximum absolute atomic E-state index is 14.2. The van der Waals surface area contributed by atoms with Gasteiger partial charge in [-0.1, -0.05) is 18.5 Å². The number of nitrogens with one attached hydrogen (secondary N) is 1. The van der Waals surface area contributed by atoms with Crippen LogP contribution in [0.4, 0.5) is 18.9 Å². The lowest BCUT2D eigenvalue weighted by molar-refractivity contribution is -0.149. The first-order valence-corrected chi connectivity index (χ1v) is 17.3. The summed E-state index contributed by atoms with van der Waals surface area (Å²) in [6, 6.07) is 9.30. The summed E-state index contributed by atoms with van der Waals surface area (Å²) in [6.07, 6.45) is -5.37. The first kappa shape index (κ1) is 38.4. The van der Waals surface area contributed by atoms with E-state index in [9.17, 15) is 36.3 Å². The topological polar surface area (TPSA) is 125 Å². The number of aliphatic hydroxyl groups is 1. The highest BCUT2D eigenvalue weighted by Gasteiger charge is 2.32. The molecule has 2 aromatic carbocycles. The van der Waals surface area contributed by atoms with Crippen molar-refractivity contribution in [3.8, 4) is 5.75 Å². The zero-order chi connectivity index (χ0) is 34.9. The van der Waals surface area contributed by atoms with E-state index in [-0.39, 0.29) is 41.1 Å². The Kier molecular flexibility index (Phi) is 13.8. The second-order valence-electron chi connectivity index (χ2n) is 12.0. The van der Waals surface area contributed by atoms with Crippen molar-refractivity contribution in [3.05, 3.63) is 53.1 Å². The Balaban J connectivity index is 1.95. The summed E-state index contributed by atoms with van der Waals surface area (Å²) in [5.74, 6) is -1.41. The molecule has 1 aliphatic rings. The van der Waals surface area contributed by atoms with Crippen LogP contribution in [-0.2, 0) is 19.6 Å². The highest BCUT2D eigenvalue weighted by molar-refractivity contribution is 7.92. The van der Waals surface area contributed by atoms with Gasteiger partial charge in [0.2, 0.25) is 5.91 Å². The summed E-state index contributed by atoms with van der Waals surface area (Å²) >= 11 is 5.91.